The fraction of sp³-hybridized carbons (Fsp3) is 0.381. The van der Waals surface area contributed by atoms with Crippen LogP contribution in [0.2, 0.25) is 0 Å². The predicted molar refractivity (Wildman–Crippen MR) is 118 cm³/mol. The number of benzene rings is 2. The lowest BCUT2D eigenvalue weighted by Crippen LogP contribution is -2.36. The molecule has 156 valence electrons. The first kappa shape index (κ1) is 21.6. The first-order chi connectivity index (χ1) is 13.7. The summed E-state index contributed by atoms with van der Waals surface area (Å²) in [6.45, 7) is 7.87. The predicted octanol–water partition coefficient (Wildman–Crippen LogP) is 4.36. The van der Waals surface area contributed by atoms with Gasteiger partial charge in [0.1, 0.15) is 10.6 Å². The number of carbonyl (C=O) groups is 1. The van der Waals surface area contributed by atoms with Crippen molar-refractivity contribution >= 4 is 43.2 Å². The number of amides is 1. The number of sulfonamides is 1. The van der Waals surface area contributed by atoms with Gasteiger partial charge < -0.3 is 9.64 Å². The summed E-state index contributed by atoms with van der Waals surface area (Å²) in [5.74, 6) is 0.517. The summed E-state index contributed by atoms with van der Waals surface area (Å²) in [6, 6.07) is 10.4. The maximum atomic E-state index is 13.7. The molecule has 0 spiro atoms. The van der Waals surface area contributed by atoms with Crippen LogP contribution in [0.1, 0.15) is 33.3 Å². The van der Waals surface area contributed by atoms with Crippen molar-refractivity contribution in [1.82, 2.24) is 0 Å². The Morgan fingerprint density at radius 1 is 1.24 bits per heavy atom. The molecule has 2 aromatic rings. The second-order valence-corrected chi connectivity index (χ2v) is 9.70. The maximum Gasteiger partial charge on any atom is 0.266 e. The summed E-state index contributed by atoms with van der Waals surface area (Å²) in [5.41, 5.74) is 1.88. The highest BCUT2D eigenvalue weighted by Crippen LogP contribution is 2.41. The number of halogens is 1. The third kappa shape index (κ3) is 4.00. The van der Waals surface area contributed by atoms with Gasteiger partial charge in [-0.3, -0.25) is 9.10 Å². The fourth-order valence-electron chi connectivity index (χ4n) is 3.84. The average Bonchev–Trinajstić information content (AvgIpc) is 2.98. The van der Waals surface area contributed by atoms with Crippen LogP contribution in [0.25, 0.3) is 0 Å². The van der Waals surface area contributed by atoms with Crippen molar-refractivity contribution in [3.63, 3.8) is 0 Å². The van der Waals surface area contributed by atoms with E-state index in [1.165, 1.54) is 11.2 Å². The smallest absolute Gasteiger partial charge is 0.266 e. The summed E-state index contributed by atoms with van der Waals surface area (Å²) in [6.07, 6.45) is 0.617. The molecule has 29 heavy (non-hydrogen) atoms. The molecule has 0 saturated heterocycles. The number of hydrogen-bond acceptors (Lipinski definition) is 4. The number of ether oxygens (including phenoxy) is 1. The van der Waals surface area contributed by atoms with Crippen molar-refractivity contribution in [3.8, 4) is 5.75 Å². The van der Waals surface area contributed by atoms with E-state index in [1.54, 1.807) is 42.2 Å². The van der Waals surface area contributed by atoms with Crippen molar-refractivity contribution in [2.45, 2.75) is 45.1 Å². The molecule has 1 aliphatic heterocycles. The van der Waals surface area contributed by atoms with Crippen LogP contribution in [-0.4, -0.2) is 33.5 Å². The van der Waals surface area contributed by atoms with Crippen molar-refractivity contribution in [3.05, 3.63) is 46.4 Å². The lowest BCUT2D eigenvalue weighted by atomic mass is 10.1. The first-order valence-electron chi connectivity index (χ1n) is 9.58. The molecule has 0 bridgehead atoms. The summed E-state index contributed by atoms with van der Waals surface area (Å²) in [4.78, 5) is 14.0. The molecule has 2 aromatic carbocycles. The summed E-state index contributed by atoms with van der Waals surface area (Å²) >= 11 is 3.44. The molecule has 1 heterocycles. The molecule has 0 aromatic heterocycles. The number of carbonyl (C=O) groups excluding carboxylic acids is 1. The molecule has 0 fully saturated rings. The molecule has 0 N–H and O–H groups in total. The Balaban J connectivity index is 2.13. The SMILES string of the molecule is CCOc1ccc(N(CC)S(=O)(=O)c2cc(Br)cc3c2N(C(C)=O)[C@@H](C)C3)cc1. The molecule has 0 unspecified atom stereocenters. The van der Waals surface area contributed by atoms with Crippen LogP contribution < -0.4 is 13.9 Å². The minimum Gasteiger partial charge on any atom is -0.494 e. The van der Waals surface area contributed by atoms with Gasteiger partial charge in [-0.05, 0) is 69.2 Å². The molecule has 0 aliphatic carbocycles. The standard InChI is InChI=1S/C21H25BrN2O4S/c1-5-23(18-7-9-19(10-8-18)28-6-2)29(26,27)20-13-17(22)12-16-11-14(3)24(15(4)25)21(16)20/h7-10,12-14H,5-6,11H2,1-4H3/t14-/m0/s1. The van der Waals surface area contributed by atoms with Gasteiger partial charge in [0.2, 0.25) is 5.91 Å². The first-order valence-corrected chi connectivity index (χ1v) is 11.8. The van der Waals surface area contributed by atoms with Gasteiger partial charge >= 0.3 is 0 Å². The molecule has 1 aliphatic rings. The minimum atomic E-state index is -3.90. The van der Waals surface area contributed by atoms with E-state index in [0.29, 0.717) is 34.6 Å². The van der Waals surface area contributed by atoms with Crippen LogP contribution in [0, 0.1) is 0 Å². The zero-order valence-corrected chi connectivity index (χ0v) is 19.4. The van der Waals surface area contributed by atoms with Gasteiger partial charge in [0, 0.05) is 24.0 Å². The molecule has 8 heteroatoms. The summed E-state index contributed by atoms with van der Waals surface area (Å²) in [5, 5.41) is 0. The van der Waals surface area contributed by atoms with Crippen molar-refractivity contribution in [1.29, 1.82) is 0 Å². The van der Waals surface area contributed by atoms with E-state index in [0.717, 1.165) is 5.56 Å². The van der Waals surface area contributed by atoms with Crippen LogP contribution in [0.3, 0.4) is 0 Å². The van der Waals surface area contributed by atoms with Gasteiger partial charge in [0.15, 0.2) is 0 Å². The van der Waals surface area contributed by atoms with Crippen LogP contribution >= 0.6 is 15.9 Å². The lowest BCUT2D eigenvalue weighted by Gasteiger charge is -2.27. The van der Waals surface area contributed by atoms with Gasteiger partial charge in [0.25, 0.3) is 10.0 Å². The third-order valence-corrected chi connectivity index (χ3v) is 7.32. The Kier molecular flexibility index (Phi) is 6.24. The largest absolute Gasteiger partial charge is 0.494 e. The number of fused-ring (bicyclic) bond motifs is 1. The maximum absolute atomic E-state index is 13.7. The van der Waals surface area contributed by atoms with Gasteiger partial charge in [-0.25, -0.2) is 8.42 Å². The van der Waals surface area contributed by atoms with Gasteiger partial charge in [-0.1, -0.05) is 15.9 Å². The van der Waals surface area contributed by atoms with Gasteiger partial charge in [-0.15, -0.1) is 0 Å². The summed E-state index contributed by atoms with van der Waals surface area (Å²) < 4.78 is 34.9. The average molecular weight is 481 g/mol. The quantitative estimate of drug-likeness (QED) is 0.615. The Bertz CT molecular complexity index is 1020. The molecular formula is C21H25BrN2O4S. The number of hydrogen-bond donors (Lipinski definition) is 0. The van der Waals surface area contributed by atoms with Crippen LogP contribution in [-0.2, 0) is 21.2 Å². The normalized spacial score (nSPS) is 15.9. The van der Waals surface area contributed by atoms with E-state index in [4.69, 9.17) is 4.74 Å². The van der Waals surface area contributed by atoms with E-state index in [-0.39, 0.29) is 23.4 Å². The molecule has 3 rings (SSSR count). The fourth-order valence-corrected chi connectivity index (χ4v) is 6.22. The Morgan fingerprint density at radius 2 is 1.90 bits per heavy atom. The summed E-state index contributed by atoms with van der Waals surface area (Å²) in [7, 11) is -3.90. The Morgan fingerprint density at radius 3 is 2.45 bits per heavy atom. The van der Waals surface area contributed by atoms with E-state index >= 15 is 0 Å². The molecular weight excluding hydrogens is 456 g/mol. The van der Waals surface area contributed by atoms with Gasteiger partial charge in [0.05, 0.1) is 18.0 Å². The molecule has 0 radical (unpaired) electrons. The van der Waals surface area contributed by atoms with E-state index in [2.05, 4.69) is 15.9 Å². The molecule has 1 atom stereocenters. The van der Waals surface area contributed by atoms with Gasteiger partial charge in [-0.2, -0.15) is 0 Å². The highest BCUT2D eigenvalue weighted by molar-refractivity contribution is 9.10. The molecule has 0 saturated carbocycles. The third-order valence-electron chi connectivity index (χ3n) is 4.95. The van der Waals surface area contributed by atoms with E-state index in [9.17, 15) is 13.2 Å². The highest BCUT2D eigenvalue weighted by Gasteiger charge is 2.37. The van der Waals surface area contributed by atoms with Crippen LogP contribution in [0.15, 0.2) is 45.8 Å². The van der Waals surface area contributed by atoms with E-state index in [1.807, 2.05) is 19.9 Å². The topological polar surface area (TPSA) is 66.9 Å². The van der Waals surface area contributed by atoms with Crippen LogP contribution in [0.5, 0.6) is 5.75 Å². The zero-order chi connectivity index (χ0) is 21.3. The second-order valence-electron chi connectivity index (χ2n) is 6.95. The number of anilines is 2. The van der Waals surface area contributed by atoms with Crippen molar-refractivity contribution in [2.75, 3.05) is 22.4 Å². The minimum absolute atomic E-state index is 0.0914. The second kappa shape index (κ2) is 8.36. The Labute approximate surface area is 180 Å². The molecule has 1 amide bonds. The number of rotatable bonds is 6. The highest BCUT2D eigenvalue weighted by atomic mass is 79.9. The zero-order valence-electron chi connectivity index (χ0n) is 17.0. The van der Waals surface area contributed by atoms with Crippen LogP contribution in [0.4, 0.5) is 11.4 Å². The monoisotopic (exact) mass is 480 g/mol. The molecule has 6 nitrogen and oxygen atoms in total. The van der Waals surface area contributed by atoms with E-state index < -0.39 is 10.0 Å². The number of nitrogens with zero attached hydrogens (tertiary/aromatic N) is 2. The van der Waals surface area contributed by atoms with Crippen molar-refractivity contribution in [2.24, 2.45) is 0 Å². The van der Waals surface area contributed by atoms with Crippen molar-refractivity contribution < 1.29 is 17.9 Å². The lowest BCUT2D eigenvalue weighted by molar-refractivity contribution is -0.116. The Hall–Kier alpha value is -2.06.